The maximum atomic E-state index is 12.2. The summed E-state index contributed by atoms with van der Waals surface area (Å²) in [6, 6.07) is 9.89. The molecule has 0 amide bonds. The SMILES string of the molecule is Cc1nccc(C(=O)Cc2ccc(C(C)(C)C)cc2)n1. The van der Waals surface area contributed by atoms with Crippen LogP contribution in [0.3, 0.4) is 0 Å². The Morgan fingerprint density at radius 2 is 1.75 bits per heavy atom. The zero-order valence-electron chi connectivity index (χ0n) is 12.5. The van der Waals surface area contributed by atoms with Crippen molar-refractivity contribution in [2.45, 2.75) is 39.5 Å². The monoisotopic (exact) mass is 268 g/mol. The Morgan fingerprint density at radius 3 is 2.30 bits per heavy atom. The fourth-order valence-electron chi connectivity index (χ4n) is 2.01. The van der Waals surface area contributed by atoms with Crippen LogP contribution in [0.2, 0.25) is 0 Å². The second kappa shape index (κ2) is 5.53. The van der Waals surface area contributed by atoms with Crippen molar-refractivity contribution in [1.29, 1.82) is 0 Å². The second-order valence-corrected chi connectivity index (χ2v) is 6.04. The number of rotatable bonds is 3. The van der Waals surface area contributed by atoms with Gasteiger partial charge in [0.15, 0.2) is 5.78 Å². The Balaban J connectivity index is 2.12. The molecular weight excluding hydrogens is 248 g/mol. The minimum absolute atomic E-state index is 0.0269. The summed E-state index contributed by atoms with van der Waals surface area (Å²) < 4.78 is 0. The summed E-state index contributed by atoms with van der Waals surface area (Å²) in [6.07, 6.45) is 2.00. The molecule has 1 heterocycles. The fourth-order valence-corrected chi connectivity index (χ4v) is 2.01. The number of carbonyl (C=O) groups excluding carboxylic acids is 1. The molecule has 0 N–H and O–H groups in total. The third-order valence-corrected chi connectivity index (χ3v) is 3.25. The van der Waals surface area contributed by atoms with Gasteiger partial charge in [0.25, 0.3) is 0 Å². The van der Waals surface area contributed by atoms with Gasteiger partial charge in [0.1, 0.15) is 11.5 Å². The molecule has 2 aromatic rings. The summed E-state index contributed by atoms with van der Waals surface area (Å²) in [5.41, 5.74) is 2.90. The lowest BCUT2D eigenvalue weighted by molar-refractivity contribution is 0.0988. The van der Waals surface area contributed by atoms with E-state index in [-0.39, 0.29) is 11.2 Å². The van der Waals surface area contributed by atoms with Gasteiger partial charge >= 0.3 is 0 Å². The van der Waals surface area contributed by atoms with Crippen LogP contribution in [0.25, 0.3) is 0 Å². The van der Waals surface area contributed by atoms with E-state index in [1.54, 1.807) is 19.2 Å². The molecule has 0 unspecified atom stereocenters. The van der Waals surface area contributed by atoms with E-state index in [1.165, 1.54) is 5.56 Å². The first-order valence-electron chi connectivity index (χ1n) is 6.78. The molecule has 0 aliphatic rings. The summed E-state index contributed by atoms with van der Waals surface area (Å²) in [5, 5.41) is 0. The van der Waals surface area contributed by atoms with Crippen molar-refractivity contribution in [3.63, 3.8) is 0 Å². The zero-order chi connectivity index (χ0) is 14.8. The average molecular weight is 268 g/mol. The molecule has 0 atom stereocenters. The Kier molecular flexibility index (Phi) is 3.98. The quantitative estimate of drug-likeness (QED) is 0.800. The molecule has 3 heteroatoms. The predicted molar refractivity (Wildman–Crippen MR) is 79.9 cm³/mol. The number of hydrogen-bond donors (Lipinski definition) is 0. The molecule has 0 aliphatic heterocycles. The molecule has 0 aliphatic carbocycles. The molecular formula is C17H20N2O. The van der Waals surface area contributed by atoms with Crippen LogP contribution in [-0.4, -0.2) is 15.8 Å². The van der Waals surface area contributed by atoms with Gasteiger partial charge in [-0.05, 0) is 29.5 Å². The van der Waals surface area contributed by atoms with Gasteiger partial charge in [-0.25, -0.2) is 9.97 Å². The topological polar surface area (TPSA) is 42.9 Å². The third-order valence-electron chi connectivity index (χ3n) is 3.25. The Morgan fingerprint density at radius 1 is 1.10 bits per heavy atom. The van der Waals surface area contributed by atoms with Crippen LogP contribution in [0, 0.1) is 6.92 Å². The second-order valence-electron chi connectivity index (χ2n) is 6.04. The molecule has 1 aromatic carbocycles. The Hall–Kier alpha value is -2.03. The van der Waals surface area contributed by atoms with Crippen molar-refractivity contribution < 1.29 is 4.79 Å². The van der Waals surface area contributed by atoms with Crippen LogP contribution in [-0.2, 0) is 11.8 Å². The summed E-state index contributed by atoms with van der Waals surface area (Å²) in [7, 11) is 0. The lowest BCUT2D eigenvalue weighted by Gasteiger charge is -2.19. The average Bonchev–Trinajstić information content (AvgIpc) is 2.38. The van der Waals surface area contributed by atoms with Crippen LogP contribution in [0.4, 0.5) is 0 Å². The molecule has 0 spiro atoms. The van der Waals surface area contributed by atoms with E-state index in [2.05, 4.69) is 42.9 Å². The molecule has 3 nitrogen and oxygen atoms in total. The van der Waals surface area contributed by atoms with Crippen molar-refractivity contribution in [3.05, 3.63) is 59.2 Å². The first kappa shape index (κ1) is 14.4. The molecule has 0 radical (unpaired) electrons. The number of aromatic nitrogens is 2. The van der Waals surface area contributed by atoms with E-state index < -0.39 is 0 Å². The highest BCUT2D eigenvalue weighted by Gasteiger charge is 2.14. The van der Waals surface area contributed by atoms with Gasteiger partial charge in [0.05, 0.1) is 0 Å². The van der Waals surface area contributed by atoms with E-state index in [1.807, 2.05) is 12.1 Å². The maximum Gasteiger partial charge on any atom is 0.185 e. The molecule has 0 bridgehead atoms. The van der Waals surface area contributed by atoms with Gasteiger partial charge in [-0.3, -0.25) is 4.79 Å². The van der Waals surface area contributed by atoms with Crippen molar-refractivity contribution in [3.8, 4) is 0 Å². The van der Waals surface area contributed by atoms with E-state index in [4.69, 9.17) is 0 Å². The van der Waals surface area contributed by atoms with Crippen molar-refractivity contribution >= 4 is 5.78 Å². The summed E-state index contributed by atoms with van der Waals surface area (Å²) in [6.45, 7) is 8.32. The summed E-state index contributed by atoms with van der Waals surface area (Å²) in [5.74, 6) is 0.651. The number of benzene rings is 1. The normalized spacial score (nSPS) is 11.4. The van der Waals surface area contributed by atoms with Gasteiger partial charge in [-0.15, -0.1) is 0 Å². The number of nitrogens with zero attached hydrogens (tertiary/aromatic N) is 2. The van der Waals surface area contributed by atoms with E-state index >= 15 is 0 Å². The van der Waals surface area contributed by atoms with Gasteiger partial charge in [0.2, 0.25) is 0 Å². The molecule has 0 saturated carbocycles. The summed E-state index contributed by atoms with van der Waals surface area (Å²) >= 11 is 0. The van der Waals surface area contributed by atoms with E-state index in [9.17, 15) is 4.79 Å². The van der Waals surface area contributed by atoms with Crippen LogP contribution in [0.5, 0.6) is 0 Å². The first-order chi connectivity index (χ1) is 9.36. The van der Waals surface area contributed by atoms with Gasteiger partial charge < -0.3 is 0 Å². The Labute approximate surface area is 120 Å². The molecule has 104 valence electrons. The van der Waals surface area contributed by atoms with Crippen LogP contribution < -0.4 is 0 Å². The Bertz CT molecular complexity index is 610. The molecule has 20 heavy (non-hydrogen) atoms. The van der Waals surface area contributed by atoms with Crippen molar-refractivity contribution in [2.24, 2.45) is 0 Å². The lowest BCUT2D eigenvalue weighted by Crippen LogP contribution is -2.11. The van der Waals surface area contributed by atoms with Crippen LogP contribution in [0.1, 0.15) is 48.2 Å². The highest BCUT2D eigenvalue weighted by atomic mass is 16.1. The molecule has 1 aromatic heterocycles. The van der Waals surface area contributed by atoms with E-state index in [0.29, 0.717) is 17.9 Å². The standard InChI is InChI=1S/C17H20N2O/c1-12-18-10-9-15(19-12)16(20)11-13-5-7-14(8-6-13)17(2,3)4/h5-10H,11H2,1-4H3. The fraction of sp³-hybridized carbons (Fsp3) is 0.353. The van der Waals surface area contributed by atoms with Crippen LogP contribution in [0.15, 0.2) is 36.5 Å². The highest BCUT2D eigenvalue weighted by Crippen LogP contribution is 2.22. The number of aryl methyl sites for hydroxylation is 1. The number of carbonyl (C=O) groups is 1. The van der Waals surface area contributed by atoms with Crippen LogP contribution >= 0.6 is 0 Å². The zero-order valence-corrected chi connectivity index (χ0v) is 12.5. The molecule has 0 saturated heterocycles. The van der Waals surface area contributed by atoms with Gasteiger partial charge in [-0.1, -0.05) is 45.0 Å². The van der Waals surface area contributed by atoms with Crippen molar-refractivity contribution in [1.82, 2.24) is 9.97 Å². The third kappa shape index (κ3) is 3.50. The lowest BCUT2D eigenvalue weighted by atomic mass is 9.86. The predicted octanol–water partition coefficient (Wildman–Crippen LogP) is 3.51. The molecule has 2 rings (SSSR count). The van der Waals surface area contributed by atoms with Gasteiger partial charge in [0, 0.05) is 12.6 Å². The minimum Gasteiger partial charge on any atom is -0.292 e. The van der Waals surface area contributed by atoms with E-state index in [0.717, 1.165) is 5.56 Å². The smallest absolute Gasteiger partial charge is 0.185 e. The number of ketones is 1. The summed E-state index contributed by atoms with van der Waals surface area (Å²) in [4.78, 5) is 20.3. The number of hydrogen-bond acceptors (Lipinski definition) is 3. The number of Topliss-reactive ketones (excluding diaryl/α,β-unsaturated/α-hetero) is 1. The molecule has 0 fully saturated rings. The largest absolute Gasteiger partial charge is 0.292 e. The highest BCUT2D eigenvalue weighted by molar-refractivity contribution is 5.95. The van der Waals surface area contributed by atoms with Crippen molar-refractivity contribution in [2.75, 3.05) is 0 Å². The minimum atomic E-state index is 0.0269. The van der Waals surface area contributed by atoms with Gasteiger partial charge in [-0.2, -0.15) is 0 Å². The maximum absolute atomic E-state index is 12.2. The first-order valence-corrected chi connectivity index (χ1v) is 6.78.